The molecule has 0 aromatic heterocycles. The lowest BCUT2D eigenvalue weighted by Crippen LogP contribution is -2.39. The molecule has 0 radical (unpaired) electrons. The van der Waals surface area contributed by atoms with Gasteiger partial charge in [0.2, 0.25) is 0 Å². The molecule has 0 heterocycles. The van der Waals surface area contributed by atoms with Crippen molar-refractivity contribution in [3.05, 3.63) is 96.1 Å². The summed E-state index contributed by atoms with van der Waals surface area (Å²) in [7, 11) is 0. The molecule has 0 unspecified atom stereocenters. The summed E-state index contributed by atoms with van der Waals surface area (Å²) in [5, 5.41) is 26.4. The Kier molecular flexibility index (Phi) is 3.79. The van der Waals surface area contributed by atoms with Crippen molar-refractivity contribution in [1.29, 1.82) is 0 Å². The molecule has 4 aromatic rings. The smallest absolute Gasteiger partial charge is 0.141 e. The van der Waals surface area contributed by atoms with E-state index >= 15 is 0 Å². The summed E-state index contributed by atoms with van der Waals surface area (Å²) in [4.78, 5) is 0. The fourth-order valence-electron chi connectivity index (χ4n) is 3.71. The number of hydrogen-bond acceptors (Lipinski definition) is 2. The minimum Gasteiger partial charge on any atom is -0.390 e. The van der Waals surface area contributed by atoms with Crippen molar-refractivity contribution in [2.24, 2.45) is 0 Å². The quantitative estimate of drug-likeness (QED) is 0.576. The normalized spacial score (nSPS) is 13.2. The molecule has 0 spiro atoms. The summed E-state index contributed by atoms with van der Waals surface area (Å²) < 4.78 is 0. The zero-order valence-electron chi connectivity index (χ0n) is 14.1. The van der Waals surface area contributed by atoms with Crippen molar-refractivity contribution in [3.8, 4) is 0 Å². The third kappa shape index (κ3) is 2.42. The standard InChI is InChI=1S/C23H20O2/c1-16(24)23(25,21-14-6-10-17-8-2-4-12-19(17)21)22-15-7-11-18-9-3-5-13-20(18)22/h2-16,24-25H,1H3/t16-/m0/s1. The van der Waals surface area contributed by atoms with Crippen molar-refractivity contribution < 1.29 is 10.2 Å². The summed E-state index contributed by atoms with van der Waals surface area (Å²) in [5.41, 5.74) is -0.0595. The maximum absolute atomic E-state index is 11.8. The molecule has 4 aromatic carbocycles. The van der Waals surface area contributed by atoms with Gasteiger partial charge in [-0.25, -0.2) is 0 Å². The van der Waals surface area contributed by atoms with Crippen LogP contribution in [0.1, 0.15) is 18.1 Å². The van der Waals surface area contributed by atoms with Crippen LogP contribution >= 0.6 is 0 Å². The van der Waals surface area contributed by atoms with E-state index < -0.39 is 11.7 Å². The number of aliphatic hydroxyl groups is 2. The highest BCUT2D eigenvalue weighted by atomic mass is 16.3. The van der Waals surface area contributed by atoms with Gasteiger partial charge in [-0.3, -0.25) is 0 Å². The van der Waals surface area contributed by atoms with Crippen LogP contribution in [0, 0.1) is 0 Å². The summed E-state index contributed by atoms with van der Waals surface area (Å²) in [6.07, 6.45) is -0.968. The number of hydrogen-bond donors (Lipinski definition) is 2. The van der Waals surface area contributed by atoms with Crippen LogP contribution in [0.15, 0.2) is 84.9 Å². The molecule has 0 fully saturated rings. The van der Waals surface area contributed by atoms with Crippen LogP contribution < -0.4 is 0 Å². The Morgan fingerprint density at radius 3 is 1.48 bits per heavy atom. The zero-order chi connectivity index (χ0) is 17.4. The van der Waals surface area contributed by atoms with E-state index in [1.165, 1.54) is 0 Å². The highest BCUT2D eigenvalue weighted by molar-refractivity contribution is 5.90. The predicted molar refractivity (Wildman–Crippen MR) is 103 cm³/mol. The van der Waals surface area contributed by atoms with Crippen molar-refractivity contribution in [2.75, 3.05) is 0 Å². The van der Waals surface area contributed by atoms with Gasteiger partial charge >= 0.3 is 0 Å². The Morgan fingerprint density at radius 1 is 0.640 bits per heavy atom. The Bertz CT molecular complexity index is 960. The van der Waals surface area contributed by atoms with Gasteiger partial charge in [0.1, 0.15) is 5.60 Å². The molecule has 0 aliphatic carbocycles. The van der Waals surface area contributed by atoms with Crippen LogP contribution in [0.5, 0.6) is 0 Å². The minimum atomic E-state index is -1.50. The zero-order valence-corrected chi connectivity index (χ0v) is 14.1. The second-order valence-electron chi connectivity index (χ2n) is 6.50. The van der Waals surface area contributed by atoms with Crippen molar-refractivity contribution >= 4 is 21.5 Å². The molecular weight excluding hydrogens is 308 g/mol. The first-order valence-electron chi connectivity index (χ1n) is 8.49. The first-order chi connectivity index (χ1) is 12.1. The molecule has 0 saturated heterocycles. The molecule has 0 aliphatic rings. The number of fused-ring (bicyclic) bond motifs is 2. The van der Waals surface area contributed by atoms with Crippen LogP contribution in [-0.4, -0.2) is 16.3 Å². The van der Waals surface area contributed by atoms with Gasteiger partial charge in [-0.1, -0.05) is 84.9 Å². The molecule has 1 atom stereocenters. The van der Waals surface area contributed by atoms with Gasteiger partial charge < -0.3 is 10.2 Å². The van der Waals surface area contributed by atoms with Gasteiger partial charge in [-0.05, 0) is 39.6 Å². The monoisotopic (exact) mass is 328 g/mol. The maximum atomic E-state index is 11.8. The van der Waals surface area contributed by atoms with E-state index in [9.17, 15) is 10.2 Å². The summed E-state index contributed by atoms with van der Waals surface area (Å²) in [6.45, 7) is 1.64. The second-order valence-corrected chi connectivity index (χ2v) is 6.50. The lowest BCUT2D eigenvalue weighted by molar-refractivity contribution is -0.0373. The molecular formula is C23H20O2. The van der Waals surface area contributed by atoms with Crippen LogP contribution in [-0.2, 0) is 5.60 Å². The van der Waals surface area contributed by atoms with Crippen LogP contribution in [0.4, 0.5) is 0 Å². The van der Waals surface area contributed by atoms with Crippen LogP contribution in [0.2, 0.25) is 0 Å². The summed E-state index contributed by atoms with van der Waals surface area (Å²) in [5.74, 6) is 0. The van der Waals surface area contributed by atoms with E-state index in [1.807, 2.05) is 84.9 Å². The molecule has 2 nitrogen and oxygen atoms in total. The molecule has 0 saturated carbocycles. The molecule has 124 valence electrons. The third-order valence-corrected chi connectivity index (χ3v) is 5.01. The van der Waals surface area contributed by atoms with Gasteiger partial charge in [-0.2, -0.15) is 0 Å². The number of rotatable bonds is 3. The topological polar surface area (TPSA) is 40.5 Å². The first kappa shape index (κ1) is 15.8. The average molecular weight is 328 g/mol. The maximum Gasteiger partial charge on any atom is 0.141 e. The molecule has 4 rings (SSSR count). The van der Waals surface area contributed by atoms with Crippen molar-refractivity contribution in [1.82, 2.24) is 0 Å². The lowest BCUT2D eigenvalue weighted by Gasteiger charge is -2.34. The van der Waals surface area contributed by atoms with E-state index in [0.29, 0.717) is 0 Å². The van der Waals surface area contributed by atoms with E-state index in [2.05, 4.69) is 0 Å². The number of aliphatic hydroxyl groups excluding tert-OH is 1. The molecule has 2 heteroatoms. The van der Waals surface area contributed by atoms with Crippen molar-refractivity contribution in [3.63, 3.8) is 0 Å². The SMILES string of the molecule is C[C@H](O)C(O)(c1cccc2ccccc12)c1cccc2ccccc12. The van der Waals surface area contributed by atoms with E-state index in [-0.39, 0.29) is 0 Å². The van der Waals surface area contributed by atoms with Crippen LogP contribution in [0.25, 0.3) is 21.5 Å². The van der Waals surface area contributed by atoms with Gasteiger partial charge in [0, 0.05) is 0 Å². The molecule has 25 heavy (non-hydrogen) atoms. The van der Waals surface area contributed by atoms with E-state index in [4.69, 9.17) is 0 Å². The fraction of sp³-hybridized carbons (Fsp3) is 0.130. The lowest BCUT2D eigenvalue weighted by atomic mass is 9.78. The average Bonchev–Trinajstić information content (AvgIpc) is 2.66. The van der Waals surface area contributed by atoms with Gasteiger partial charge in [0.15, 0.2) is 0 Å². The Morgan fingerprint density at radius 2 is 1.04 bits per heavy atom. The highest BCUT2D eigenvalue weighted by Gasteiger charge is 2.39. The molecule has 2 N–H and O–H groups in total. The van der Waals surface area contributed by atoms with Crippen LogP contribution in [0.3, 0.4) is 0 Å². The second kappa shape index (κ2) is 5.99. The molecule has 0 aliphatic heterocycles. The van der Waals surface area contributed by atoms with Gasteiger partial charge in [0.25, 0.3) is 0 Å². The third-order valence-electron chi connectivity index (χ3n) is 5.01. The highest BCUT2D eigenvalue weighted by Crippen LogP contribution is 2.40. The molecule has 0 amide bonds. The Balaban J connectivity index is 2.09. The fourth-order valence-corrected chi connectivity index (χ4v) is 3.71. The van der Waals surface area contributed by atoms with Gasteiger partial charge in [-0.15, -0.1) is 0 Å². The largest absolute Gasteiger partial charge is 0.390 e. The van der Waals surface area contributed by atoms with Gasteiger partial charge in [0.05, 0.1) is 6.10 Å². The summed E-state index contributed by atoms with van der Waals surface area (Å²) in [6, 6.07) is 27.6. The number of benzene rings is 4. The minimum absolute atomic E-state index is 0.719. The Hall–Kier alpha value is -2.68. The van der Waals surface area contributed by atoms with E-state index in [0.717, 1.165) is 32.7 Å². The van der Waals surface area contributed by atoms with Crippen molar-refractivity contribution in [2.45, 2.75) is 18.6 Å². The van der Waals surface area contributed by atoms with E-state index in [1.54, 1.807) is 6.92 Å². The summed E-state index contributed by atoms with van der Waals surface area (Å²) >= 11 is 0. The first-order valence-corrected chi connectivity index (χ1v) is 8.49. The Labute approximate surface area is 147 Å². The predicted octanol–water partition coefficient (Wildman–Crippen LogP) is 4.61. The molecule has 0 bridgehead atoms.